The Morgan fingerprint density at radius 1 is 1.16 bits per heavy atom. The fourth-order valence-electron chi connectivity index (χ4n) is 2.44. The van der Waals surface area contributed by atoms with Crippen molar-refractivity contribution in [2.24, 2.45) is 0 Å². The summed E-state index contributed by atoms with van der Waals surface area (Å²) in [6, 6.07) is 6.58. The fraction of sp³-hybridized carbons (Fsp3) is 0.333. The third-order valence-electron chi connectivity index (χ3n) is 4.19. The molecular formula is C18H23N3O3S. The standard InChI is InChI=1S/C18H23N3O3S/c1-12-10-16(11-17(13(12)2)25(23,24)21(4)5)18(22)20-14(3)15-6-8-19-9-7-15/h6-11,14H,1-5H3,(H,20,22). The number of aryl methyl sites for hydroxylation is 1. The Hall–Kier alpha value is -2.25. The highest BCUT2D eigenvalue weighted by molar-refractivity contribution is 7.89. The molecule has 0 saturated carbocycles. The molecule has 1 heterocycles. The molecule has 6 nitrogen and oxygen atoms in total. The molecule has 2 aromatic rings. The largest absolute Gasteiger partial charge is 0.346 e. The first-order valence-electron chi connectivity index (χ1n) is 7.89. The van der Waals surface area contributed by atoms with E-state index in [1.807, 2.05) is 19.1 Å². The molecule has 1 amide bonds. The quantitative estimate of drug-likeness (QED) is 0.887. The van der Waals surface area contributed by atoms with E-state index in [1.54, 1.807) is 32.3 Å². The van der Waals surface area contributed by atoms with Crippen LogP contribution in [0.1, 0.15) is 40.0 Å². The molecule has 7 heteroatoms. The van der Waals surface area contributed by atoms with Gasteiger partial charge in [-0.05, 0) is 61.7 Å². The van der Waals surface area contributed by atoms with Gasteiger partial charge in [-0.25, -0.2) is 12.7 Å². The third-order valence-corrected chi connectivity index (χ3v) is 6.14. The van der Waals surface area contributed by atoms with Gasteiger partial charge < -0.3 is 5.32 Å². The van der Waals surface area contributed by atoms with Gasteiger partial charge in [0.15, 0.2) is 0 Å². The Bertz CT molecular complexity index is 878. The SMILES string of the molecule is Cc1cc(C(=O)NC(C)c2ccncc2)cc(S(=O)(=O)N(C)C)c1C. The second kappa shape index (κ2) is 7.33. The molecule has 0 spiro atoms. The number of amides is 1. The summed E-state index contributed by atoms with van der Waals surface area (Å²) in [5.74, 6) is -0.317. The zero-order valence-corrected chi connectivity index (χ0v) is 15.9. The van der Waals surface area contributed by atoms with Crippen molar-refractivity contribution in [1.29, 1.82) is 0 Å². The minimum Gasteiger partial charge on any atom is -0.346 e. The average Bonchev–Trinajstić information content (AvgIpc) is 2.57. The van der Waals surface area contributed by atoms with Crippen LogP contribution in [-0.2, 0) is 10.0 Å². The van der Waals surface area contributed by atoms with E-state index in [4.69, 9.17) is 0 Å². The number of benzene rings is 1. The Kier molecular flexibility index (Phi) is 5.59. The van der Waals surface area contributed by atoms with E-state index in [9.17, 15) is 13.2 Å². The molecule has 2 rings (SSSR count). The molecule has 0 radical (unpaired) electrons. The lowest BCUT2D eigenvalue weighted by Gasteiger charge is -2.18. The number of hydrogen-bond acceptors (Lipinski definition) is 4. The lowest BCUT2D eigenvalue weighted by Crippen LogP contribution is -2.28. The number of hydrogen-bond donors (Lipinski definition) is 1. The lowest BCUT2D eigenvalue weighted by molar-refractivity contribution is 0.0939. The van der Waals surface area contributed by atoms with Crippen LogP contribution >= 0.6 is 0 Å². The minimum atomic E-state index is -3.62. The van der Waals surface area contributed by atoms with Crippen LogP contribution < -0.4 is 5.32 Å². The summed E-state index contributed by atoms with van der Waals surface area (Å²) in [6.07, 6.45) is 3.32. The molecule has 0 aliphatic carbocycles. The molecule has 1 aromatic heterocycles. The van der Waals surface area contributed by atoms with E-state index in [-0.39, 0.29) is 16.8 Å². The van der Waals surface area contributed by atoms with E-state index in [0.717, 1.165) is 15.4 Å². The van der Waals surface area contributed by atoms with Crippen LogP contribution in [0.3, 0.4) is 0 Å². The van der Waals surface area contributed by atoms with Crippen LogP contribution in [0.5, 0.6) is 0 Å². The molecule has 1 atom stereocenters. The van der Waals surface area contributed by atoms with Gasteiger partial charge >= 0.3 is 0 Å². The summed E-state index contributed by atoms with van der Waals surface area (Å²) < 4.78 is 26.2. The van der Waals surface area contributed by atoms with Crippen LogP contribution in [0.4, 0.5) is 0 Å². The number of nitrogens with zero attached hydrogens (tertiary/aromatic N) is 2. The molecule has 0 bridgehead atoms. The van der Waals surface area contributed by atoms with E-state index < -0.39 is 10.0 Å². The second-order valence-corrected chi connectivity index (χ2v) is 8.30. The van der Waals surface area contributed by atoms with Gasteiger partial charge in [0.2, 0.25) is 10.0 Å². The van der Waals surface area contributed by atoms with E-state index >= 15 is 0 Å². The summed E-state index contributed by atoms with van der Waals surface area (Å²) in [6.45, 7) is 5.41. The summed E-state index contributed by atoms with van der Waals surface area (Å²) in [7, 11) is -0.673. The van der Waals surface area contributed by atoms with Gasteiger partial charge in [-0.1, -0.05) is 0 Å². The first-order valence-corrected chi connectivity index (χ1v) is 9.33. The third kappa shape index (κ3) is 4.05. The zero-order chi connectivity index (χ0) is 18.8. The predicted octanol–water partition coefficient (Wildman–Crippen LogP) is 2.44. The molecule has 0 saturated heterocycles. The molecule has 1 aromatic carbocycles. The smallest absolute Gasteiger partial charge is 0.251 e. The van der Waals surface area contributed by atoms with Gasteiger partial charge in [0, 0.05) is 32.1 Å². The first-order chi connectivity index (χ1) is 11.6. The van der Waals surface area contributed by atoms with Crippen LogP contribution in [0.15, 0.2) is 41.6 Å². The molecule has 1 unspecified atom stereocenters. The van der Waals surface area contributed by atoms with E-state index in [2.05, 4.69) is 10.3 Å². The van der Waals surface area contributed by atoms with Crippen molar-refractivity contribution in [3.8, 4) is 0 Å². The lowest BCUT2D eigenvalue weighted by atomic mass is 10.0. The number of nitrogens with one attached hydrogen (secondary N) is 1. The Labute approximate surface area is 148 Å². The number of rotatable bonds is 5. The maximum Gasteiger partial charge on any atom is 0.251 e. The number of sulfonamides is 1. The van der Waals surface area contributed by atoms with Gasteiger partial charge in [-0.3, -0.25) is 9.78 Å². The fourth-order valence-corrected chi connectivity index (χ4v) is 3.66. The molecule has 0 aliphatic heterocycles. The molecule has 0 aliphatic rings. The highest BCUT2D eigenvalue weighted by Gasteiger charge is 2.23. The predicted molar refractivity (Wildman–Crippen MR) is 96.9 cm³/mol. The van der Waals surface area contributed by atoms with Crippen molar-refractivity contribution in [2.45, 2.75) is 31.7 Å². The van der Waals surface area contributed by atoms with Crippen molar-refractivity contribution in [2.75, 3.05) is 14.1 Å². The molecule has 1 N–H and O–H groups in total. The summed E-state index contributed by atoms with van der Waals surface area (Å²) in [4.78, 5) is 16.7. The number of pyridine rings is 1. The monoisotopic (exact) mass is 361 g/mol. The van der Waals surface area contributed by atoms with Crippen molar-refractivity contribution in [1.82, 2.24) is 14.6 Å². The van der Waals surface area contributed by atoms with Crippen molar-refractivity contribution in [3.05, 3.63) is 58.9 Å². The van der Waals surface area contributed by atoms with E-state index in [0.29, 0.717) is 11.1 Å². The van der Waals surface area contributed by atoms with Gasteiger partial charge in [-0.15, -0.1) is 0 Å². The highest BCUT2D eigenvalue weighted by Crippen LogP contribution is 2.24. The van der Waals surface area contributed by atoms with Crippen molar-refractivity contribution in [3.63, 3.8) is 0 Å². The van der Waals surface area contributed by atoms with Crippen molar-refractivity contribution >= 4 is 15.9 Å². The molecule has 134 valence electrons. The van der Waals surface area contributed by atoms with Crippen LogP contribution in [0.25, 0.3) is 0 Å². The average molecular weight is 361 g/mol. The van der Waals surface area contributed by atoms with Crippen molar-refractivity contribution < 1.29 is 13.2 Å². The highest BCUT2D eigenvalue weighted by atomic mass is 32.2. The number of carbonyl (C=O) groups is 1. The molecule has 0 fully saturated rings. The summed E-state index contributed by atoms with van der Waals surface area (Å²) >= 11 is 0. The Morgan fingerprint density at radius 3 is 2.32 bits per heavy atom. The van der Waals surface area contributed by atoms with Gasteiger partial charge in [0.1, 0.15) is 0 Å². The summed E-state index contributed by atoms with van der Waals surface area (Å²) in [5.41, 5.74) is 2.65. The maximum atomic E-state index is 12.6. The van der Waals surface area contributed by atoms with Gasteiger partial charge in [-0.2, -0.15) is 0 Å². The Balaban J connectivity index is 2.37. The van der Waals surface area contributed by atoms with Crippen LogP contribution in [0, 0.1) is 13.8 Å². The van der Waals surface area contributed by atoms with Gasteiger partial charge in [0.05, 0.1) is 10.9 Å². The minimum absolute atomic E-state index is 0.152. The van der Waals surface area contributed by atoms with Crippen LogP contribution in [-0.4, -0.2) is 37.7 Å². The van der Waals surface area contributed by atoms with Crippen LogP contribution in [0.2, 0.25) is 0 Å². The first kappa shape index (κ1) is 19.1. The maximum absolute atomic E-state index is 12.6. The summed E-state index contributed by atoms with van der Waals surface area (Å²) in [5, 5.41) is 2.89. The normalized spacial score (nSPS) is 12.9. The van der Waals surface area contributed by atoms with Gasteiger partial charge in [0.25, 0.3) is 5.91 Å². The van der Waals surface area contributed by atoms with E-state index in [1.165, 1.54) is 20.2 Å². The second-order valence-electron chi connectivity index (χ2n) is 6.18. The number of aromatic nitrogens is 1. The molecule has 25 heavy (non-hydrogen) atoms. The zero-order valence-electron chi connectivity index (χ0n) is 15.1. The Morgan fingerprint density at radius 2 is 1.76 bits per heavy atom. The number of carbonyl (C=O) groups excluding carboxylic acids is 1. The topological polar surface area (TPSA) is 79.4 Å². The molecular weight excluding hydrogens is 338 g/mol.